The summed E-state index contributed by atoms with van der Waals surface area (Å²) in [5, 5.41) is 7.91. The van der Waals surface area contributed by atoms with Gasteiger partial charge in [-0.2, -0.15) is 0 Å². The highest BCUT2D eigenvalue weighted by Crippen LogP contribution is 2.38. The third kappa shape index (κ3) is 3.53. The van der Waals surface area contributed by atoms with Crippen molar-refractivity contribution in [3.63, 3.8) is 0 Å². The highest BCUT2D eigenvalue weighted by Gasteiger charge is 2.16. The number of nitrogens with zero attached hydrogens (tertiary/aromatic N) is 2. The van der Waals surface area contributed by atoms with Gasteiger partial charge in [0.15, 0.2) is 11.5 Å². The lowest BCUT2D eigenvalue weighted by molar-refractivity contribution is 0.284. The van der Waals surface area contributed by atoms with Crippen LogP contribution in [-0.2, 0) is 6.61 Å². The van der Waals surface area contributed by atoms with Crippen LogP contribution in [0, 0.1) is 6.92 Å². The first-order chi connectivity index (χ1) is 11.2. The summed E-state index contributed by atoms with van der Waals surface area (Å²) in [5.74, 6) is 2.19. The van der Waals surface area contributed by atoms with Gasteiger partial charge in [0.25, 0.3) is 0 Å². The molecule has 0 aliphatic heterocycles. The second kappa shape index (κ2) is 6.83. The van der Waals surface area contributed by atoms with E-state index in [4.69, 9.17) is 13.9 Å². The predicted octanol–water partition coefficient (Wildman–Crippen LogP) is 4.40. The number of hydrogen-bond donors (Lipinski definition) is 0. The lowest BCUT2D eigenvalue weighted by atomic mass is 10.2. The molecule has 0 unspecified atom stereocenters. The Bertz CT molecular complexity index is 803. The molecule has 2 aromatic carbocycles. The van der Waals surface area contributed by atoms with Gasteiger partial charge in [-0.05, 0) is 33.6 Å². The van der Waals surface area contributed by atoms with E-state index in [1.165, 1.54) is 0 Å². The van der Waals surface area contributed by atoms with Crippen molar-refractivity contribution in [3.05, 3.63) is 58.4 Å². The highest BCUT2D eigenvalue weighted by molar-refractivity contribution is 9.10. The van der Waals surface area contributed by atoms with Gasteiger partial charge in [-0.15, -0.1) is 10.2 Å². The van der Waals surface area contributed by atoms with Gasteiger partial charge in [0.1, 0.15) is 6.61 Å². The first-order valence-corrected chi connectivity index (χ1v) is 7.81. The van der Waals surface area contributed by atoms with Crippen molar-refractivity contribution in [2.45, 2.75) is 13.5 Å². The van der Waals surface area contributed by atoms with E-state index in [1.807, 2.05) is 42.5 Å². The molecule has 0 amide bonds. The topological polar surface area (TPSA) is 57.4 Å². The molecular formula is C17H15BrN2O3. The van der Waals surface area contributed by atoms with E-state index in [0.29, 0.717) is 29.9 Å². The van der Waals surface area contributed by atoms with Crippen molar-refractivity contribution in [1.29, 1.82) is 0 Å². The molecule has 0 bridgehead atoms. The Labute approximate surface area is 142 Å². The van der Waals surface area contributed by atoms with Crippen LogP contribution in [0.4, 0.5) is 0 Å². The average Bonchev–Trinajstić information content (AvgIpc) is 3.00. The second-order valence-corrected chi connectivity index (χ2v) is 5.74. The predicted molar refractivity (Wildman–Crippen MR) is 89.5 cm³/mol. The van der Waals surface area contributed by atoms with E-state index < -0.39 is 0 Å². The number of halogens is 1. The Hall–Kier alpha value is -2.34. The zero-order valence-corrected chi connectivity index (χ0v) is 14.3. The summed E-state index contributed by atoms with van der Waals surface area (Å²) in [5.41, 5.74) is 1.84. The van der Waals surface area contributed by atoms with Crippen LogP contribution in [0.1, 0.15) is 11.5 Å². The van der Waals surface area contributed by atoms with Crippen molar-refractivity contribution < 1.29 is 13.9 Å². The monoisotopic (exact) mass is 374 g/mol. The standard InChI is InChI=1S/C17H15BrN2O3/c1-11-19-20-17(23-11)13-8-16(15(21-2)9-14(13)18)22-10-12-6-4-3-5-7-12/h3-9H,10H2,1-2H3. The minimum absolute atomic E-state index is 0.432. The normalized spacial score (nSPS) is 10.6. The van der Waals surface area contributed by atoms with Crippen molar-refractivity contribution in [2.24, 2.45) is 0 Å². The Kier molecular flexibility index (Phi) is 4.62. The molecule has 118 valence electrons. The summed E-state index contributed by atoms with van der Waals surface area (Å²) in [7, 11) is 1.60. The minimum atomic E-state index is 0.432. The molecule has 0 saturated carbocycles. The van der Waals surface area contributed by atoms with Crippen LogP contribution < -0.4 is 9.47 Å². The number of ether oxygens (including phenoxy) is 2. The zero-order chi connectivity index (χ0) is 16.2. The summed E-state index contributed by atoms with van der Waals surface area (Å²) < 4.78 is 17.6. The van der Waals surface area contributed by atoms with Gasteiger partial charge >= 0.3 is 0 Å². The smallest absolute Gasteiger partial charge is 0.248 e. The van der Waals surface area contributed by atoms with Gasteiger partial charge in [-0.3, -0.25) is 0 Å². The number of hydrogen-bond acceptors (Lipinski definition) is 5. The molecule has 0 spiro atoms. The average molecular weight is 375 g/mol. The summed E-state index contributed by atoms with van der Waals surface area (Å²) in [6, 6.07) is 13.6. The first-order valence-electron chi connectivity index (χ1n) is 7.02. The van der Waals surface area contributed by atoms with Crippen LogP contribution >= 0.6 is 15.9 Å². The molecule has 6 heteroatoms. The fraction of sp³-hybridized carbons (Fsp3) is 0.176. The molecule has 23 heavy (non-hydrogen) atoms. The van der Waals surface area contributed by atoms with E-state index in [0.717, 1.165) is 15.6 Å². The van der Waals surface area contributed by atoms with Crippen LogP contribution in [-0.4, -0.2) is 17.3 Å². The summed E-state index contributed by atoms with van der Waals surface area (Å²) >= 11 is 3.50. The van der Waals surface area contributed by atoms with Crippen molar-refractivity contribution in [2.75, 3.05) is 7.11 Å². The van der Waals surface area contributed by atoms with Crippen LogP contribution in [0.15, 0.2) is 51.4 Å². The molecule has 0 saturated heterocycles. The Morgan fingerprint density at radius 3 is 2.52 bits per heavy atom. The first kappa shape index (κ1) is 15.6. The molecule has 0 aliphatic rings. The molecule has 3 rings (SSSR count). The number of methoxy groups -OCH3 is 1. The molecular weight excluding hydrogens is 360 g/mol. The molecule has 0 N–H and O–H groups in total. The molecule has 0 fully saturated rings. The molecule has 0 aliphatic carbocycles. The van der Waals surface area contributed by atoms with Gasteiger partial charge in [0.05, 0.1) is 12.7 Å². The molecule has 3 aromatic rings. The van der Waals surface area contributed by atoms with Gasteiger partial charge < -0.3 is 13.9 Å². The zero-order valence-electron chi connectivity index (χ0n) is 12.7. The van der Waals surface area contributed by atoms with Crippen LogP contribution in [0.2, 0.25) is 0 Å². The number of rotatable bonds is 5. The van der Waals surface area contributed by atoms with E-state index in [-0.39, 0.29) is 0 Å². The lowest BCUT2D eigenvalue weighted by Crippen LogP contribution is -1.98. The Balaban J connectivity index is 1.91. The van der Waals surface area contributed by atoms with E-state index >= 15 is 0 Å². The molecule has 1 heterocycles. The van der Waals surface area contributed by atoms with Crippen molar-refractivity contribution in [3.8, 4) is 23.0 Å². The van der Waals surface area contributed by atoms with Gasteiger partial charge in [-0.1, -0.05) is 30.3 Å². The SMILES string of the molecule is COc1cc(Br)c(-c2nnc(C)o2)cc1OCc1ccccc1. The van der Waals surface area contributed by atoms with Gasteiger partial charge in [0.2, 0.25) is 11.8 Å². The molecule has 0 atom stereocenters. The minimum Gasteiger partial charge on any atom is -0.493 e. The maximum absolute atomic E-state index is 5.90. The van der Waals surface area contributed by atoms with Crippen LogP contribution in [0.5, 0.6) is 11.5 Å². The highest BCUT2D eigenvalue weighted by atomic mass is 79.9. The maximum Gasteiger partial charge on any atom is 0.248 e. The van der Waals surface area contributed by atoms with E-state index in [2.05, 4.69) is 26.1 Å². The number of aryl methyl sites for hydroxylation is 1. The van der Waals surface area contributed by atoms with Crippen molar-refractivity contribution in [1.82, 2.24) is 10.2 Å². The van der Waals surface area contributed by atoms with Gasteiger partial charge in [0, 0.05) is 11.4 Å². The van der Waals surface area contributed by atoms with Gasteiger partial charge in [-0.25, -0.2) is 0 Å². The maximum atomic E-state index is 5.90. The fourth-order valence-electron chi connectivity index (χ4n) is 2.11. The third-order valence-corrected chi connectivity index (χ3v) is 3.90. The summed E-state index contributed by atoms with van der Waals surface area (Å²) in [6.45, 7) is 2.20. The summed E-state index contributed by atoms with van der Waals surface area (Å²) in [6.07, 6.45) is 0. The van der Waals surface area contributed by atoms with Crippen LogP contribution in [0.3, 0.4) is 0 Å². The Morgan fingerprint density at radius 2 is 1.87 bits per heavy atom. The molecule has 0 radical (unpaired) electrons. The fourth-order valence-corrected chi connectivity index (χ4v) is 2.60. The van der Waals surface area contributed by atoms with E-state index in [9.17, 15) is 0 Å². The Morgan fingerprint density at radius 1 is 1.09 bits per heavy atom. The largest absolute Gasteiger partial charge is 0.493 e. The lowest BCUT2D eigenvalue weighted by Gasteiger charge is -2.13. The molecule has 1 aromatic heterocycles. The quantitative estimate of drug-likeness (QED) is 0.662. The van der Waals surface area contributed by atoms with Crippen LogP contribution in [0.25, 0.3) is 11.5 Å². The molecule has 5 nitrogen and oxygen atoms in total. The number of aromatic nitrogens is 2. The summed E-state index contributed by atoms with van der Waals surface area (Å²) in [4.78, 5) is 0. The van der Waals surface area contributed by atoms with Crippen molar-refractivity contribution >= 4 is 15.9 Å². The van der Waals surface area contributed by atoms with E-state index in [1.54, 1.807) is 14.0 Å². The second-order valence-electron chi connectivity index (χ2n) is 4.88. The third-order valence-electron chi connectivity index (χ3n) is 3.25. The number of benzene rings is 2.